The normalized spacial score (nSPS) is 17.1. The average molecular weight is 335 g/mol. The summed E-state index contributed by atoms with van der Waals surface area (Å²) in [7, 11) is 2.20. The smallest absolute Gasteiger partial charge is 0.134 e. The summed E-state index contributed by atoms with van der Waals surface area (Å²) >= 11 is 0. The van der Waals surface area contributed by atoms with Crippen molar-refractivity contribution in [3.8, 4) is 5.75 Å². The summed E-state index contributed by atoms with van der Waals surface area (Å²) in [6.45, 7) is 2.07. The van der Waals surface area contributed by atoms with E-state index in [-0.39, 0.29) is 0 Å². The SMILES string of the molecule is CN(CCc1ccc2ccoc2c1)C[C@@H]1CCCc2c(O)cccc21. The van der Waals surface area contributed by atoms with Crippen molar-refractivity contribution in [2.45, 2.75) is 31.6 Å². The Balaban J connectivity index is 1.39. The van der Waals surface area contributed by atoms with E-state index in [0.29, 0.717) is 11.7 Å². The van der Waals surface area contributed by atoms with E-state index in [1.165, 1.54) is 17.5 Å². The molecule has 130 valence electrons. The van der Waals surface area contributed by atoms with Crippen LogP contribution in [0, 0.1) is 0 Å². The molecule has 3 aromatic rings. The zero-order chi connectivity index (χ0) is 17.2. The molecule has 0 amide bonds. The zero-order valence-electron chi connectivity index (χ0n) is 14.7. The molecule has 1 heterocycles. The quantitative estimate of drug-likeness (QED) is 0.732. The van der Waals surface area contributed by atoms with E-state index < -0.39 is 0 Å². The lowest BCUT2D eigenvalue weighted by atomic mass is 9.82. The maximum Gasteiger partial charge on any atom is 0.134 e. The Morgan fingerprint density at radius 2 is 2.12 bits per heavy atom. The Kier molecular flexibility index (Phi) is 4.50. The minimum Gasteiger partial charge on any atom is -0.508 e. The molecule has 2 aromatic carbocycles. The molecular weight excluding hydrogens is 310 g/mol. The summed E-state index contributed by atoms with van der Waals surface area (Å²) in [5.74, 6) is 0.991. The van der Waals surface area contributed by atoms with Gasteiger partial charge in [-0.1, -0.05) is 24.3 Å². The van der Waals surface area contributed by atoms with Crippen LogP contribution in [-0.2, 0) is 12.8 Å². The van der Waals surface area contributed by atoms with Crippen LogP contribution >= 0.6 is 0 Å². The second kappa shape index (κ2) is 6.93. The van der Waals surface area contributed by atoms with Gasteiger partial charge in [-0.2, -0.15) is 0 Å². The highest BCUT2D eigenvalue weighted by Crippen LogP contribution is 2.36. The van der Waals surface area contributed by atoms with Crippen molar-refractivity contribution in [3.05, 3.63) is 65.4 Å². The Morgan fingerprint density at radius 1 is 1.20 bits per heavy atom. The van der Waals surface area contributed by atoms with Crippen LogP contribution in [-0.4, -0.2) is 30.1 Å². The van der Waals surface area contributed by atoms with Gasteiger partial charge in [-0.05, 0) is 73.5 Å². The van der Waals surface area contributed by atoms with Gasteiger partial charge >= 0.3 is 0 Å². The van der Waals surface area contributed by atoms with Crippen LogP contribution in [0.1, 0.15) is 35.4 Å². The highest BCUT2D eigenvalue weighted by atomic mass is 16.3. The number of hydrogen-bond acceptors (Lipinski definition) is 3. The largest absolute Gasteiger partial charge is 0.508 e. The molecular formula is C22H25NO2. The van der Waals surface area contributed by atoms with Gasteiger partial charge in [0.15, 0.2) is 0 Å². The van der Waals surface area contributed by atoms with Gasteiger partial charge in [-0.25, -0.2) is 0 Å². The fourth-order valence-electron chi connectivity index (χ4n) is 4.06. The maximum absolute atomic E-state index is 10.1. The monoisotopic (exact) mass is 335 g/mol. The molecule has 25 heavy (non-hydrogen) atoms. The van der Waals surface area contributed by atoms with E-state index in [2.05, 4.69) is 36.2 Å². The molecule has 3 heteroatoms. The van der Waals surface area contributed by atoms with E-state index >= 15 is 0 Å². The molecule has 3 nitrogen and oxygen atoms in total. The second-order valence-electron chi connectivity index (χ2n) is 7.24. The first-order valence-corrected chi connectivity index (χ1v) is 9.16. The Bertz CT molecular complexity index is 867. The lowest BCUT2D eigenvalue weighted by Crippen LogP contribution is -2.28. The molecule has 0 bridgehead atoms. The molecule has 1 N–H and O–H groups in total. The maximum atomic E-state index is 10.1. The van der Waals surface area contributed by atoms with Gasteiger partial charge in [0.1, 0.15) is 11.3 Å². The van der Waals surface area contributed by atoms with Crippen molar-refractivity contribution in [2.24, 2.45) is 0 Å². The molecule has 0 saturated carbocycles. The van der Waals surface area contributed by atoms with E-state index in [1.807, 2.05) is 18.2 Å². The Labute approximate surface area is 148 Å². The second-order valence-corrected chi connectivity index (χ2v) is 7.24. The van der Waals surface area contributed by atoms with Crippen molar-refractivity contribution < 1.29 is 9.52 Å². The van der Waals surface area contributed by atoms with Crippen LogP contribution in [0.5, 0.6) is 5.75 Å². The van der Waals surface area contributed by atoms with Crippen molar-refractivity contribution in [2.75, 3.05) is 20.1 Å². The molecule has 1 aliphatic carbocycles. The number of likely N-dealkylation sites (N-methyl/N-ethyl adjacent to an activating group) is 1. The highest BCUT2D eigenvalue weighted by Gasteiger charge is 2.23. The highest BCUT2D eigenvalue weighted by molar-refractivity contribution is 5.77. The number of hydrogen-bond donors (Lipinski definition) is 1. The number of benzene rings is 2. The predicted molar refractivity (Wildman–Crippen MR) is 101 cm³/mol. The standard InChI is InChI=1S/C22H25NO2/c1-23(12-10-16-8-9-17-11-13-25-22(17)14-16)15-18-4-2-6-20-19(18)5-3-7-21(20)24/h3,5,7-9,11,13-14,18,24H,2,4,6,10,12,15H2,1H3/t18-/m0/s1. The minimum atomic E-state index is 0.469. The van der Waals surface area contributed by atoms with E-state index in [4.69, 9.17) is 4.42 Å². The third kappa shape index (κ3) is 3.42. The lowest BCUT2D eigenvalue weighted by Gasteiger charge is -2.29. The van der Waals surface area contributed by atoms with Crippen molar-refractivity contribution in [3.63, 3.8) is 0 Å². The van der Waals surface area contributed by atoms with Crippen LogP contribution in [0.4, 0.5) is 0 Å². The number of aromatic hydroxyl groups is 1. The third-order valence-electron chi connectivity index (χ3n) is 5.44. The van der Waals surface area contributed by atoms with Gasteiger partial charge in [-0.15, -0.1) is 0 Å². The lowest BCUT2D eigenvalue weighted by molar-refractivity contribution is 0.300. The molecule has 0 radical (unpaired) electrons. The fourth-order valence-corrected chi connectivity index (χ4v) is 4.06. The Hall–Kier alpha value is -2.26. The Morgan fingerprint density at radius 3 is 3.04 bits per heavy atom. The summed E-state index contributed by atoms with van der Waals surface area (Å²) in [5, 5.41) is 11.3. The summed E-state index contributed by atoms with van der Waals surface area (Å²) in [4.78, 5) is 2.41. The van der Waals surface area contributed by atoms with Gasteiger partial charge in [-0.3, -0.25) is 0 Å². The van der Waals surface area contributed by atoms with Crippen molar-refractivity contribution >= 4 is 11.0 Å². The first-order valence-electron chi connectivity index (χ1n) is 9.16. The summed E-state index contributed by atoms with van der Waals surface area (Å²) in [6.07, 6.45) is 6.14. The number of nitrogens with zero attached hydrogens (tertiary/aromatic N) is 1. The first kappa shape index (κ1) is 16.2. The molecule has 0 unspecified atom stereocenters. The van der Waals surface area contributed by atoms with Crippen LogP contribution in [0.2, 0.25) is 0 Å². The zero-order valence-corrected chi connectivity index (χ0v) is 14.7. The predicted octanol–water partition coefficient (Wildman–Crippen LogP) is 4.73. The summed E-state index contributed by atoms with van der Waals surface area (Å²) < 4.78 is 5.50. The fraction of sp³-hybridized carbons (Fsp3) is 0.364. The van der Waals surface area contributed by atoms with E-state index in [1.54, 1.807) is 6.26 Å². The van der Waals surface area contributed by atoms with Gasteiger partial charge in [0, 0.05) is 18.5 Å². The van der Waals surface area contributed by atoms with Gasteiger partial charge in [0.05, 0.1) is 6.26 Å². The van der Waals surface area contributed by atoms with Crippen LogP contribution < -0.4 is 0 Å². The molecule has 0 spiro atoms. The van der Waals surface area contributed by atoms with Gasteiger partial charge in [0.2, 0.25) is 0 Å². The van der Waals surface area contributed by atoms with Crippen molar-refractivity contribution in [1.29, 1.82) is 0 Å². The number of fused-ring (bicyclic) bond motifs is 2. The number of phenolic OH excluding ortho intramolecular Hbond substituents is 1. The molecule has 0 fully saturated rings. The molecule has 1 aliphatic rings. The van der Waals surface area contributed by atoms with Crippen LogP contribution in [0.25, 0.3) is 11.0 Å². The summed E-state index contributed by atoms with van der Waals surface area (Å²) in [6, 6.07) is 14.5. The molecule has 0 aliphatic heterocycles. The van der Waals surface area contributed by atoms with Gasteiger partial charge < -0.3 is 14.4 Å². The third-order valence-corrected chi connectivity index (χ3v) is 5.44. The summed E-state index contributed by atoms with van der Waals surface area (Å²) in [5.41, 5.74) is 4.79. The molecule has 1 atom stereocenters. The number of furan rings is 1. The first-order chi connectivity index (χ1) is 12.2. The van der Waals surface area contributed by atoms with Crippen LogP contribution in [0.15, 0.2) is 53.1 Å². The van der Waals surface area contributed by atoms with E-state index in [9.17, 15) is 5.11 Å². The molecule has 1 aromatic heterocycles. The topological polar surface area (TPSA) is 36.6 Å². The molecule has 4 rings (SSSR count). The minimum absolute atomic E-state index is 0.469. The average Bonchev–Trinajstić information content (AvgIpc) is 3.09. The number of phenols is 1. The van der Waals surface area contributed by atoms with Crippen molar-refractivity contribution in [1.82, 2.24) is 4.90 Å². The van der Waals surface area contributed by atoms with Crippen LogP contribution in [0.3, 0.4) is 0 Å². The van der Waals surface area contributed by atoms with Gasteiger partial charge in [0.25, 0.3) is 0 Å². The van der Waals surface area contributed by atoms with E-state index in [0.717, 1.165) is 48.9 Å². The molecule has 0 saturated heterocycles. The number of rotatable bonds is 5.